The van der Waals surface area contributed by atoms with Crippen molar-refractivity contribution < 1.29 is 14.7 Å². The number of aryl methyl sites for hydroxylation is 2. The number of aromatic nitrogens is 3. The lowest BCUT2D eigenvalue weighted by molar-refractivity contribution is 0.0953. The summed E-state index contributed by atoms with van der Waals surface area (Å²) in [6.45, 7) is 3.59. The van der Waals surface area contributed by atoms with E-state index in [1.54, 1.807) is 39.2 Å². The van der Waals surface area contributed by atoms with Gasteiger partial charge in [-0.1, -0.05) is 17.4 Å². The number of hydrogen-bond acceptors (Lipinski definition) is 7. The summed E-state index contributed by atoms with van der Waals surface area (Å²) in [5, 5.41) is 22.9. The first-order valence-corrected chi connectivity index (χ1v) is 9.21. The predicted octanol–water partition coefficient (Wildman–Crippen LogP) is 2.55. The molecule has 3 rings (SSSR count). The first-order chi connectivity index (χ1) is 13.3. The summed E-state index contributed by atoms with van der Waals surface area (Å²) in [4.78, 5) is 28.9. The number of rotatable bonds is 5. The molecule has 0 unspecified atom stereocenters. The molecule has 9 nitrogen and oxygen atoms in total. The number of benzene rings is 1. The summed E-state index contributed by atoms with van der Waals surface area (Å²) < 4.78 is 1.45. The molecule has 0 saturated heterocycles. The predicted molar refractivity (Wildman–Crippen MR) is 108 cm³/mol. The van der Waals surface area contributed by atoms with Crippen molar-refractivity contribution in [3.05, 3.63) is 46.1 Å². The third-order valence-electron chi connectivity index (χ3n) is 4.19. The second kappa shape index (κ2) is 7.69. The Hall–Kier alpha value is -3.40. The van der Waals surface area contributed by atoms with E-state index in [0.717, 1.165) is 16.9 Å². The van der Waals surface area contributed by atoms with Gasteiger partial charge in [-0.25, -0.2) is 4.98 Å². The highest BCUT2D eigenvalue weighted by atomic mass is 32.1. The second-order valence-electron chi connectivity index (χ2n) is 6.13. The number of hydrogen-bond donors (Lipinski definition) is 4. The number of aromatic hydroxyl groups is 1. The molecular weight excluding hydrogens is 380 g/mol. The van der Waals surface area contributed by atoms with Gasteiger partial charge in [-0.3, -0.25) is 14.3 Å². The Kier molecular flexibility index (Phi) is 5.32. The molecule has 0 aliphatic rings. The molecule has 0 saturated carbocycles. The first kappa shape index (κ1) is 19.4. The minimum absolute atomic E-state index is 0.120. The number of thiazole rings is 1. The van der Waals surface area contributed by atoms with Gasteiger partial charge >= 0.3 is 0 Å². The third-order valence-corrected chi connectivity index (χ3v) is 5.10. The van der Waals surface area contributed by atoms with Crippen LogP contribution >= 0.6 is 11.3 Å². The van der Waals surface area contributed by atoms with Crippen LogP contribution in [0.1, 0.15) is 31.3 Å². The van der Waals surface area contributed by atoms with Crippen LogP contribution in [-0.2, 0) is 7.05 Å². The molecule has 0 bridgehead atoms. The third kappa shape index (κ3) is 3.81. The van der Waals surface area contributed by atoms with E-state index in [-0.39, 0.29) is 17.6 Å². The maximum atomic E-state index is 12.6. The van der Waals surface area contributed by atoms with Crippen LogP contribution in [-0.4, -0.2) is 38.7 Å². The zero-order valence-electron chi connectivity index (χ0n) is 15.8. The molecule has 3 aromatic rings. The minimum Gasteiger partial charge on any atom is -0.508 e. The number of anilines is 3. The number of phenolic OH excluding ortho intramolecular Hbond substituents is 1. The topological polar surface area (TPSA) is 121 Å². The molecule has 0 aliphatic carbocycles. The van der Waals surface area contributed by atoms with Gasteiger partial charge in [-0.15, -0.1) is 0 Å². The van der Waals surface area contributed by atoms with E-state index in [1.807, 2.05) is 6.92 Å². The van der Waals surface area contributed by atoms with Crippen molar-refractivity contribution >= 4 is 39.8 Å². The van der Waals surface area contributed by atoms with Crippen LogP contribution in [0.4, 0.5) is 16.6 Å². The number of nitrogens with one attached hydrogen (secondary N) is 3. The molecule has 10 heteroatoms. The van der Waals surface area contributed by atoms with E-state index in [4.69, 9.17) is 0 Å². The van der Waals surface area contributed by atoms with Crippen molar-refractivity contribution in [3.63, 3.8) is 0 Å². The summed E-state index contributed by atoms with van der Waals surface area (Å²) in [6, 6.07) is 4.93. The van der Waals surface area contributed by atoms with Crippen LogP contribution in [0, 0.1) is 13.8 Å². The Balaban J connectivity index is 1.75. The number of carbonyl (C=O) groups is 2. The zero-order chi connectivity index (χ0) is 20.4. The van der Waals surface area contributed by atoms with Crippen molar-refractivity contribution in [2.75, 3.05) is 17.7 Å². The lowest BCUT2D eigenvalue weighted by Gasteiger charge is -2.11. The molecule has 2 amide bonds. The van der Waals surface area contributed by atoms with Gasteiger partial charge in [0.05, 0.1) is 11.9 Å². The smallest absolute Gasteiger partial charge is 0.269 e. The molecule has 4 N–H and O–H groups in total. The Morgan fingerprint density at radius 2 is 1.96 bits per heavy atom. The van der Waals surface area contributed by atoms with Crippen molar-refractivity contribution in [3.8, 4) is 5.75 Å². The molecule has 0 radical (unpaired) electrons. The van der Waals surface area contributed by atoms with E-state index in [2.05, 4.69) is 26.0 Å². The van der Waals surface area contributed by atoms with Crippen molar-refractivity contribution in [2.45, 2.75) is 13.8 Å². The highest BCUT2D eigenvalue weighted by Gasteiger charge is 2.16. The molecule has 0 atom stereocenters. The fourth-order valence-electron chi connectivity index (χ4n) is 2.62. The Labute approximate surface area is 165 Å². The lowest BCUT2D eigenvalue weighted by Crippen LogP contribution is -2.20. The summed E-state index contributed by atoms with van der Waals surface area (Å²) >= 11 is 1.15. The van der Waals surface area contributed by atoms with Crippen molar-refractivity contribution in [2.24, 2.45) is 7.05 Å². The molecule has 0 spiro atoms. The molecule has 2 heterocycles. The minimum atomic E-state index is -0.325. The maximum Gasteiger partial charge on any atom is 0.269 e. The van der Waals surface area contributed by atoms with E-state index in [9.17, 15) is 14.7 Å². The molecule has 146 valence electrons. The lowest BCUT2D eigenvalue weighted by atomic mass is 10.1. The number of amides is 2. The van der Waals surface area contributed by atoms with Gasteiger partial charge in [0.2, 0.25) is 0 Å². The molecule has 0 aliphatic heterocycles. The van der Waals surface area contributed by atoms with Gasteiger partial charge in [0.15, 0.2) is 10.9 Å². The molecule has 1 aromatic carbocycles. The SMILES string of the molecule is CNC(=O)c1cc(Nc2ncc(C(=O)Nc3c(C)ccc(O)c3C)s2)nn1C. The Bertz CT molecular complexity index is 1060. The monoisotopic (exact) mass is 400 g/mol. The van der Waals surface area contributed by atoms with E-state index in [0.29, 0.717) is 32.8 Å². The highest BCUT2D eigenvalue weighted by molar-refractivity contribution is 7.17. The Morgan fingerprint density at radius 3 is 2.68 bits per heavy atom. The number of phenols is 1. The van der Waals surface area contributed by atoms with Crippen LogP contribution in [0.25, 0.3) is 0 Å². The van der Waals surface area contributed by atoms with E-state index in [1.165, 1.54) is 10.9 Å². The van der Waals surface area contributed by atoms with Crippen molar-refractivity contribution in [1.29, 1.82) is 0 Å². The van der Waals surface area contributed by atoms with Crippen LogP contribution in [0.3, 0.4) is 0 Å². The number of nitrogens with zero attached hydrogens (tertiary/aromatic N) is 3. The molecular formula is C18H20N6O3S. The standard InChI is InChI=1S/C18H20N6O3S/c1-9-5-6-12(25)10(2)15(9)22-17(27)13-8-20-18(28-13)21-14-7-11(16(26)19-3)24(4)23-14/h5-8,25H,1-4H3,(H,19,26)(H,22,27)(H,20,21,23). The fourth-order valence-corrected chi connectivity index (χ4v) is 3.34. The second-order valence-corrected chi connectivity index (χ2v) is 7.16. The average Bonchev–Trinajstić information content (AvgIpc) is 3.28. The maximum absolute atomic E-state index is 12.6. The summed E-state index contributed by atoms with van der Waals surface area (Å²) in [5.41, 5.74) is 2.43. The van der Waals surface area contributed by atoms with Crippen LogP contribution in [0.5, 0.6) is 5.75 Å². The zero-order valence-corrected chi connectivity index (χ0v) is 16.6. The van der Waals surface area contributed by atoms with Gasteiger partial charge in [-0.05, 0) is 25.5 Å². The highest BCUT2D eigenvalue weighted by Crippen LogP contribution is 2.29. The van der Waals surface area contributed by atoms with E-state index >= 15 is 0 Å². The fraction of sp³-hybridized carbons (Fsp3) is 0.222. The number of carbonyl (C=O) groups excluding carboxylic acids is 2. The van der Waals surface area contributed by atoms with Crippen molar-refractivity contribution in [1.82, 2.24) is 20.1 Å². The van der Waals surface area contributed by atoms with Gasteiger partial charge in [0.25, 0.3) is 11.8 Å². The molecule has 28 heavy (non-hydrogen) atoms. The average molecular weight is 400 g/mol. The molecule has 0 fully saturated rings. The molecule has 2 aromatic heterocycles. The van der Waals surface area contributed by atoms with Gasteiger partial charge in [0, 0.05) is 25.7 Å². The largest absolute Gasteiger partial charge is 0.508 e. The van der Waals surface area contributed by atoms with Crippen LogP contribution < -0.4 is 16.0 Å². The quantitative estimate of drug-likeness (QED) is 0.522. The Morgan fingerprint density at radius 1 is 1.21 bits per heavy atom. The van der Waals surface area contributed by atoms with E-state index < -0.39 is 0 Å². The summed E-state index contributed by atoms with van der Waals surface area (Å²) in [6.07, 6.45) is 1.46. The summed E-state index contributed by atoms with van der Waals surface area (Å²) in [5.74, 6) is -0.00904. The van der Waals surface area contributed by atoms with Crippen LogP contribution in [0.15, 0.2) is 24.4 Å². The van der Waals surface area contributed by atoms with Gasteiger partial charge in [0.1, 0.15) is 16.3 Å². The summed E-state index contributed by atoms with van der Waals surface area (Å²) in [7, 11) is 3.21. The van der Waals surface area contributed by atoms with Gasteiger partial charge < -0.3 is 21.1 Å². The van der Waals surface area contributed by atoms with Gasteiger partial charge in [-0.2, -0.15) is 5.10 Å². The van der Waals surface area contributed by atoms with Crippen LogP contribution in [0.2, 0.25) is 0 Å². The first-order valence-electron chi connectivity index (χ1n) is 8.39. The normalized spacial score (nSPS) is 10.6.